The van der Waals surface area contributed by atoms with Gasteiger partial charge < -0.3 is 20.9 Å². The number of aromatic nitrogens is 3. The second-order valence-corrected chi connectivity index (χ2v) is 7.33. The van der Waals surface area contributed by atoms with E-state index in [0.717, 1.165) is 37.6 Å². The maximum Gasteiger partial charge on any atom is 0.253 e. The average molecular weight is 403 g/mol. The molecule has 1 aliphatic rings. The molecular formula is C22H25N7O. The molecule has 154 valence electrons. The summed E-state index contributed by atoms with van der Waals surface area (Å²) in [4.78, 5) is 30.1. The molecule has 0 spiro atoms. The van der Waals surface area contributed by atoms with Crippen molar-refractivity contribution in [2.75, 3.05) is 43.4 Å². The lowest BCUT2D eigenvalue weighted by molar-refractivity contribution is 0.100. The molecule has 0 atom stereocenters. The number of piperazine rings is 1. The molecule has 0 saturated carbocycles. The zero-order valence-corrected chi connectivity index (χ0v) is 17.0. The molecule has 1 aliphatic heterocycles. The fraction of sp³-hybridized carbons (Fsp3) is 0.273. The Morgan fingerprint density at radius 1 is 1.07 bits per heavy atom. The van der Waals surface area contributed by atoms with Crippen LogP contribution in [0.1, 0.15) is 15.9 Å². The van der Waals surface area contributed by atoms with E-state index in [0.29, 0.717) is 29.2 Å². The number of pyridine rings is 3. The predicted octanol–water partition coefficient (Wildman–Crippen LogP) is 2.00. The fourth-order valence-electron chi connectivity index (χ4n) is 3.53. The minimum Gasteiger partial charge on any atom is -0.365 e. The Kier molecular flexibility index (Phi) is 5.85. The van der Waals surface area contributed by atoms with Gasteiger partial charge in [-0.1, -0.05) is 6.07 Å². The number of carbonyl (C=O) groups excluding carboxylic acids is 1. The molecule has 0 bridgehead atoms. The molecule has 8 heteroatoms. The number of anilines is 2. The molecule has 3 aromatic heterocycles. The molecule has 0 aromatic carbocycles. The zero-order chi connectivity index (χ0) is 20.9. The summed E-state index contributed by atoms with van der Waals surface area (Å²) in [5.41, 5.74) is 8.49. The molecule has 4 rings (SSSR count). The lowest BCUT2D eigenvalue weighted by Crippen LogP contribution is -2.44. The van der Waals surface area contributed by atoms with E-state index < -0.39 is 5.91 Å². The van der Waals surface area contributed by atoms with Gasteiger partial charge in [-0.3, -0.25) is 9.78 Å². The number of amides is 1. The normalized spacial score (nSPS) is 14.5. The molecule has 3 N–H and O–H groups in total. The van der Waals surface area contributed by atoms with Crippen molar-refractivity contribution in [1.82, 2.24) is 19.9 Å². The van der Waals surface area contributed by atoms with Gasteiger partial charge >= 0.3 is 0 Å². The largest absolute Gasteiger partial charge is 0.365 e. The van der Waals surface area contributed by atoms with Gasteiger partial charge in [-0.2, -0.15) is 0 Å². The van der Waals surface area contributed by atoms with Crippen LogP contribution in [-0.2, 0) is 6.54 Å². The Labute approximate surface area is 175 Å². The van der Waals surface area contributed by atoms with Gasteiger partial charge in [-0.05, 0) is 42.9 Å². The van der Waals surface area contributed by atoms with Crippen molar-refractivity contribution in [1.29, 1.82) is 0 Å². The topological polar surface area (TPSA) is 100 Å². The van der Waals surface area contributed by atoms with Gasteiger partial charge in [0.15, 0.2) is 0 Å². The third-order valence-corrected chi connectivity index (χ3v) is 5.24. The van der Waals surface area contributed by atoms with Crippen LogP contribution in [0.2, 0.25) is 0 Å². The number of nitrogens with zero attached hydrogens (tertiary/aromatic N) is 5. The van der Waals surface area contributed by atoms with Crippen LogP contribution in [0.4, 0.5) is 11.6 Å². The summed E-state index contributed by atoms with van der Waals surface area (Å²) in [5, 5.41) is 3.22. The smallest absolute Gasteiger partial charge is 0.253 e. The molecule has 0 aliphatic carbocycles. The third kappa shape index (κ3) is 4.38. The number of likely N-dealkylation sites (N-methyl/N-ethyl adjacent to an activating group) is 1. The minimum atomic E-state index is -0.540. The summed E-state index contributed by atoms with van der Waals surface area (Å²) in [6.45, 7) is 4.34. The van der Waals surface area contributed by atoms with Crippen molar-refractivity contribution in [3.63, 3.8) is 0 Å². The number of carbonyl (C=O) groups is 1. The van der Waals surface area contributed by atoms with E-state index in [9.17, 15) is 4.79 Å². The number of nitrogens with two attached hydrogens (primary N) is 1. The number of hydrogen-bond donors (Lipinski definition) is 2. The van der Waals surface area contributed by atoms with Crippen molar-refractivity contribution in [2.24, 2.45) is 5.73 Å². The van der Waals surface area contributed by atoms with Gasteiger partial charge in [-0.15, -0.1) is 0 Å². The van der Waals surface area contributed by atoms with Crippen LogP contribution in [0.25, 0.3) is 11.3 Å². The summed E-state index contributed by atoms with van der Waals surface area (Å²) < 4.78 is 0. The Balaban J connectivity index is 1.64. The molecule has 1 fully saturated rings. The highest BCUT2D eigenvalue weighted by atomic mass is 16.1. The highest BCUT2D eigenvalue weighted by molar-refractivity contribution is 6.03. The van der Waals surface area contributed by atoms with E-state index in [2.05, 4.69) is 32.1 Å². The van der Waals surface area contributed by atoms with Gasteiger partial charge in [0, 0.05) is 56.9 Å². The highest BCUT2D eigenvalue weighted by Crippen LogP contribution is 2.28. The average Bonchev–Trinajstić information content (AvgIpc) is 2.78. The lowest BCUT2D eigenvalue weighted by Gasteiger charge is -2.33. The van der Waals surface area contributed by atoms with Crippen molar-refractivity contribution >= 4 is 17.5 Å². The van der Waals surface area contributed by atoms with Crippen LogP contribution >= 0.6 is 0 Å². The molecule has 1 saturated heterocycles. The van der Waals surface area contributed by atoms with E-state index in [-0.39, 0.29) is 0 Å². The fourth-order valence-corrected chi connectivity index (χ4v) is 3.53. The molecule has 0 unspecified atom stereocenters. The maximum absolute atomic E-state index is 12.3. The Bertz CT molecular complexity index is 1020. The van der Waals surface area contributed by atoms with Gasteiger partial charge in [-0.25, -0.2) is 9.97 Å². The Morgan fingerprint density at radius 3 is 2.57 bits per heavy atom. The highest BCUT2D eigenvalue weighted by Gasteiger charge is 2.20. The van der Waals surface area contributed by atoms with Crippen molar-refractivity contribution in [3.8, 4) is 11.3 Å². The summed E-state index contributed by atoms with van der Waals surface area (Å²) in [6, 6.07) is 11.5. The molecular weight excluding hydrogens is 378 g/mol. The Morgan fingerprint density at radius 2 is 1.83 bits per heavy atom. The first-order valence-corrected chi connectivity index (χ1v) is 9.94. The summed E-state index contributed by atoms with van der Waals surface area (Å²) in [5.74, 6) is 0.810. The minimum absolute atomic E-state index is 0.342. The van der Waals surface area contributed by atoms with E-state index in [4.69, 9.17) is 10.7 Å². The molecule has 1 amide bonds. The summed E-state index contributed by atoms with van der Waals surface area (Å²) >= 11 is 0. The maximum atomic E-state index is 12.3. The van der Waals surface area contributed by atoms with E-state index >= 15 is 0 Å². The first kappa shape index (κ1) is 19.8. The first-order chi connectivity index (χ1) is 14.6. The van der Waals surface area contributed by atoms with Gasteiger partial charge in [0.2, 0.25) is 0 Å². The second-order valence-electron chi connectivity index (χ2n) is 7.33. The van der Waals surface area contributed by atoms with Crippen LogP contribution < -0.4 is 16.0 Å². The van der Waals surface area contributed by atoms with Crippen molar-refractivity contribution < 1.29 is 4.79 Å². The number of hydrogen-bond acceptors (Lipinski definition) is 7. The number of primary amides is 1. The van der Waals surface area contributed by atoms with Crippen molar-refractivity contribution in [2.45, 2.75) is 6.54 Å². The Hall–Kier alpha value is -3.52. The van der Waals surface area contributed by atoms with E-state index in [1.54, 1.807) is 24.7 Å². The summed E-state index contributed by atoms with van der Waals surface area (Å²) in [7, 11) is 2.12. The van der Waals surface area contributed by atoms with Crippen LogP contribution in [0, 0.1) is 0 Å². The first-order valence-electron chi connectivity index (χ1n) is 9.94. The molecule has 8 nitrogen and oxygen atoms in total. The van der Waals surface area contributed by atoms with Gasteiger partial charge in [0.1, 0.15) is 11.6 Å². The van der Waals surface area contributed by atoms with E-state index in [1.807, 2.05) is 30.3 Å². The SMILES string of the molecule is CN1CCN(c2cccc(-c3ccnc(NCc4ccncc4)c3C(N)=O)n2)CC1. The van der Waals surface area contributed by atoms with Crippen LogP contribution in [0.5, 0.6) is 0 Å². The predicted molar refractivity (Wildman–Crippen MR) is 117 cm³/mol. The molecule has 4 heterocycles. The number of rotatable bonds is 6. The third-order valence-electron chi connectivity index (χ3n) is 5.24. The quantitative estimate of drug-likeness (QED) is 0.649. The van der Waals surface area contributed by atoms with Gasteiger partial charge in [0.05, 0.1) is 11.3 Å². The summed E-state index contributed by atoms with van der Waals surface area (Å²) in [6.07, 6.45) is 5.12. The van der Waals surface area contributed by atoms with Gasteiger partial charge in [0.25, 0.3) is 5.91 Å². The number of nitrogens with one attached hydrogen (secondary N) is 1. The van der Waals surface area contributed by atoms with Crippen LogP contribution in [-0.4, -0.2) is 59.0 Å². The monoisotopic (exact) mass is 403 g/mol. The molecule has 0 radical (unpaired) electrons. The van der Waals surface area contributed by atoms with Crippen LogP contribution in [0.3, 0.4) is 0 Å². The van der Waals surface area contributed by atoms with Crippen LogP contribution in [0.15, 0.2) is 55.0 Å². The standard InChI is InChI=1S/C22H25N7O/c1-28-11-13-29(14-12-28)19-4-2-3-18(27-19)17-7-10-25-22(20(17)21(23)30)26-15-16-5-8-24-9-6-16/h2-10H,11-15H2,1H3,(H2,23,30)(H,25,26). The van der Waals surface area contributed by atoms with Crippen molar-refractivity contribution in [3.05, 3.63) is 66.1 Å². The molecule has 30 heavy (non-hydrogen) atoms. The second kappa shape index (κ2) is 8.87. The van der Waals surface area contributed by atoms with E-state index in [1.165, 1.54) is 0 Å². The molecule has 3 aromatic rings. The lowest BCUT2D eigenvalue weighted by atomic mass is 10.0. The zero-order valence-electron chi connectivity index (χ0n) is 17.0.